The van der Waals surface area contributed by atoms with E-state index >= 15 is 0 Å². The summed E-state index contributed by atoms with van der Waals surface area (Å²) in [6.45, 7) is 2.24. The Kier molecular flexibility index (Phi) is 8.38. The number of esters is 1. The molecule has 4 atom stereocenters. The lowest BCUT2D eigenvalue weighted by molar-refractivity contribution is -0.140. The van der Waals surface area contributed by atoms with Gasteiger partial charge in [0.1, 0.15) is 0 Å². The summed E-state index contributed by atoms with van der Waals surface area (Å²) in [5.41, 5.74) is 0. The van der Waals surface area contributed by atoms with E-state index in [1.165, 1.54) is 58.5 Å². The lowest BCUT2D eigenvalue weighted by Gasteiger charge is -2.00. The zero-order valence-corrected chi connectivity index (χ0v) is 14.9. The number of carbonyl (C=O) groups excluding carboxylic acids is 1. The molecule has 0 spiro atoms. The third kappa shape index (κ3) is 7.67. The first-order valence-electron chi connectivity index (χ1n) is 9.62. The predicted molar refractivity (Wildman–Crippen MR) is 90.4 cm³/mol. The highest BCUT2D eigenvalue weighted by Gasteiger charge is 2.47. The van der Waals surface area contributed by atoms with Gasteiger partial charge in [-0.2, -0.15) is 0 Å². The van der Waals surface area contributed by atoms with Gasteiger partial charge in [-0.15, -0.1) is 0 Å². The van der Waals surface area contributed by atoms with Crippen LogP contribution in [0.3, 0.4) is 0 Å². The number of methoxy groups -OCH3 is 1. The Morgan fingerprint density at radius 3 is 2.00 bits per heavy atom. The average Bonchev–Trinajstić information content (AvgIpc) is 3.46. The zero-order valence-electron chi connectivity index (χ0n) is 14.9. The summed E-state index contributed by atoms with van der Waals surface area (Å²) >= 11 is 0. The van der Waals surface area contributed by atoms with Gasteiger partial charge in [0.15, 0.2) is 0 Å². The summed E-state index contributed by atoms with van der Waals surface area (Å²) in [5, 5.41) is 0. The molecule has 134 valence electrons. The highest BCUT2D eigenvalue weighted by molar-refractivity contribution is 5.68. The fraction of sp³-hybridized carbons (Fsp3) is 0.947. The van der Waals surface area contributed by atoms with Crippen LogP contribution in [0.25, 0.3) is 0 Å². The summed E-state index contributed by atoms with van der Waals surface area (Å²) < 4.78 is 16.2. The predicted octanol–water partition coefficient (Wildman–Crippen LogP) is 4.40. The van der Waals surface area contributed by atoms with E-state index in [0.29, 0.717) is 30.8 Å². The van der Waals surface area contributed by atoms with Crippen LogP contribution >= 0.6 is 0 Å². The molecule has 23 heavy (non-hydrogen) atoms. The minimum atomic E-state index is -0.0884. The highest BCUT2D eigenvalue weighted by atomic mass is 16.6. The third-order valence-electron chi connectivity index (χ3n) is 5.03. The van der Waals surface area contributed by atoms with Crippen LogP contribution in [0.4, 0.5) is 0 Å². The van der Waals surface area contributed by atoms with Gasteiger partial charge in [0.25, 0.3) is 0 Å². The van der Waals surface area contributed by atoms with Crippen molar-refractivity contribution in [2.45, 2.75) is 108 Å². The first kappa shape index (κ1) is 18.7. The Hall–Kier alpha value is -0.610. The maximum atomic E-state index is 11.0. The second kappa shape index (κ2) is 10.3. The maximum Gasteiger partial charge on any atom is 0.305 e. The standard InChI is InChI=1S/C19H34O4/c1-3-4-8-11-15-17(22-15)14-18-16(23-18)12-9-6-5-7-10-13-19(20)21-2/h15-18H,3-14H2,1-2H3/t15-,16-,17-,18-/m1/s1. The van der Waals surface area contributed by atoms with Gasteiger partial charge in [0.2, 0.25) is 0 Å². The minimum absolute atomic E-state index is 0.0884. The molecular weight excluding hydrogens is 292 g/mol. The van der Waals surface area contributed by atoms with Crippen molar-refractivity contribution < 1.29 is 19.0 Å². The maximum absolute atomic E-state index is 11.0. The summed E-state index contributed by atoms with van der Waals surface area (Å²) in [5.74, 6) is -0.0884. The molecule has 0 amide bonds. The Balaban J connectivity index is 1.35. The van der Waals surface area contributed by atoms with Crippen LogP contribution in [0.2, 0.25) is 0 Å². The van der Waals surface area contributed by atoms with E-state index in [9.17, 15) is 4.79 Å². The molecule has 0 radical (unpaired) electrons. The van der Waals surface area contributed by atoms with Crippen molar-refractivity contribution >= 4 is 5.97 Å². The van der Waals surface area contributed by atoms with Crippen LogP contribution in [0, 0.1) is 0 Å². The topological polar surface area (TPSA) is 51.4 Å². The smallest absolute Gasteiger partial charge is 0.305 e. The number of ether oxygens (including phenoxy) is 3. The molecule has 0 N–H and O–H groups in total. The summed E-state index contributed by atoms with van der Waals surface area (Å²) in [6.07, 6.45) is 15.8. The Morgan fingerprint density at radius 2 is 1.39 bits per heavy atom. The van der Waals surface area contributed by atoms with E-state index in [2.05, 4.69) is 11.7 Å². The molecule has 2 aliphatic rings. The van der Waals surface area contributed by atoms with Gasteiger partial charge in [-0.1, -0.05) is 51.9 Å². The number of hydrogen-bond donors (Lipinski definition) is 0. The third-order valence-corrected chi connectivity index (χ3v) is 5.03. The van der Waals surface area contributed by atoms with Gasteiger partial charge in [-0.25, -0.2) is 0 Å². The Bertz CT molecular complexity index is 344. The summed E-state index contributed by atoms with van der Waals surface area (Å²) in [4.78, 5) is 11.0. The van der Waals surface area contributed by atoms with Gasteiger partial charge in [-0.05, 0) is 19.3 Å². The van der Waals surface area contributed by atoms with Crippen molar-refractivity contribution in [1.29, 1.82) is 0 Å². The first-order valence-corrected chi connectivity index (χ1v) is 9.62. The fourth-order valence-corrected chi connectivity index (χ4v) is 3.35. The highest BCUT2D eigenvalue weighted by Crippen LogP contribution is 2.39. The van der Waals surface area contributed by atoms with Crippen molar-refractivity contribution in [1.82, 2.24) is 0 Å². The van der Waals surface area contributed by atoms with Crippen LogP contribution in [0.15, 0.2) is 0 Å². The van der Waals surface area contributed by atoms with Gasteiger partial charge >= 0.3 is 5.97 Å². The van der Waals surface area contributed by atoms with Crippen LogP contribution in [0.5, 0.6) is 0 Å². The van der Waals surface area contributed by atoms with Crippen LogP contribution in [-0.4, -0.2) is 37.5 Å². The molecule has 4 nitrogen and oxygen atoms in total. The van der Waals surface area contributed by atoms with E-state index < -0.39 is 0 Å². The molecular formula is C19H34O4. The molecule has 0 aromatic rings. The van der Waals surface area contributed by atoms with E-state index in [0.717, 1.165) is 19.3 Å². The zero-order chi connectivity index (χ0) is 16.5. The summed E-state index contributed by atoms with van der Waals surface area (Å²) in [6, 6.07) is 0. The van der Waals surface area contributed by atoms with Crippen molar-refractivity contribution in [3.05, 3.63) is 0 Å². The molecule has 2 fully saturated rings. The molecule has 0 aliphatic carbocycles. The number of carbonyl (C=O) groups is 1. The Labute approximate surface area is 141 Å². The van der Waals surface area contributed by atoms with Gasteiger partial charge in [0, 0.05) is 12.8 Å². The molecule has 2 heterocycles. The van der Waals surface area contributed by atoms with E-state index in [-0.39, 0.29) is 5.97 Å². The van der Waals surface area contributed by atoms with Gasteiger partial charge in [-0.3, -0.25) is 4.79 Å². The lowest BCUT2D eigenvalue weighted by Crippen LogP contribution is -2.02. The molecule has 0 unspecified atom stereocenters. The van der Waals surface area contributed by atoms with Crippen molar-refractivity contribution in [3.8, 4) is 0 Å². The van der Waals surface area contributed by atoms with Crippen molar-refractivity contribution in [2.75, 3.05) is 7.11 Å². The second-order valence-electron chi connectivity index (χ2n) is 7.04. The molecule has 0 saturated carbocycles. The summed E-state index contributed by atoms with van der Waals surface area (Å²) in [7, 11) is 1.45. The van der Waals surface area contributed by atoms with E-state index in [1.54, 1.807) is 0 Å². The molecule has 0 aromatic heterocycles. The molecule has 2 aliphatic heterocycles. The normalized spacial score (nSPS) is 28.6. The first-order chi connectivity index (χ1) is 11.2. The number of epoxide rings is 2. The molecule has 4 heteroatoms. The SMILES string of the molecule is CCCCC[C@H]1O[C@@H]1C[C@H]1O[C@@H]1CCCCCCCC(=O)OC. The molecule has 2 rings (SSSR count). The quantitative estimate of drug-likeness (QED) is 0.270. The largest absolute Gasteiger partial charge is 0.469 e. The number of rotatable bonds is 14. The fourth-order valence-electron chi connectivity index (χ4n) is 3.35. The number of hydrogen-bond acceptors (Lipinski definition) is 4. The molecule has 0 aromatic carbocycles. The number of unbranched alkanes of at least 4 members (excludes halogenated alkanes) is 6. The van der Waals surface area contributed by atoms with Crippen molar-refractivity contribution in [2.24, 2.45) is 0 Å². The second-order valence-corrected chi connectivity index (χ2v) is 7.04. The van der Waals surface area contributed by atoms with Crippen LogP contribution < -0.4 is 0 Å². The van der Waals surface area contributed by atoms with Crippen LogP contribution in [0.1, 0.15) is 84.0 Å². The monoisotopic (exact) mass is 326 g/mol. The van der Waals surface area contributed by atoms with Crippen molar-refractivity contribution in [3.63, 3.8) is 0 Å². The molecule has 2 saturated heterocycles. The molecule has 0 bridgehead atoms. The van der Waals surface area contributed by atoms with E-state index in [1.807, 2.05) is 0 Å². The van der Waals surface area contributed by atoms with Gasteiger partial charge in [0.05, 0.1) is 31.5 Å². The lowest BCUT2D eigenvalue weighted by atomic mass is 10.0. The minimum Gasteiger partial charge on any atom is -0.469 e. The van der Waals surface area contributed by atoms with Crippen LogP contribution in [-0.2, 0) is 19.0 Å². The Morgan fingerprint density at radius 1 is 0.826 bits per heavy atom. The van der Waals surface area contributed by atoms with Gasteiger partial charge < -0.3 is 14.2 Å². The average molecular weight is 326 g/mol. The van der Waals surface area contributed by atoms with E-state index in [4.69, 9.17) is 9.47 Å².